The number of H-pyrrole nitrogens is 1. The van der Waals surface area contributed by atoms with E-state index >= 15 is 0 Å². The van der Waals surface area contributed by atoms with Gasteiger partial charge in [0.25, 0.3) is 5.56 Å². The second-order valence-electron chi connectivity index (χ2n) is 1.96. The topological polar surface area (TPSA) is 76.9 Å². The Balaban J connectivity index is 3.16. The molecule has 1 rings (SSSR count). The van der Waals surface area contributed by atoms with Crippen LogP contribution in [0.25, 0.3) is 0 Å². The van der Waals surface area contributed by atoms with Crippen LogP contribution in [0, 0.1) is 23.2 Å². The minimum Gasteiger partial charge on any atom is -0.503 e. The normalized spacial score (nSPS) is 7.92. The molecule has 0 aliphatic carbocycles. The number of hydrogen-bond donors (Lipinski definition) is 2. The molecule has 0 radical (unpaired) electrons. The van der Waals surface area contributed by atoms with Crippen LogP contribution in [0.1, 0.15) is 5.56 Å². The number of nitriles is 1. The molecule has 1 heterocycles. The molecule has 1 aromatic rings. The van der Waals surface area contributed by atoms with E-state index in [4.69, 9.17) is 10.4 Å². The first kappa shape index (κ1) is 7.90. The molecule has 0 aromatic carbocycles. The third-order valence-corrected chi connectivity index (χ3v) is 1.15. The SMILES string of the molecule is N#CC#Cc1c[nH]c(=O)c(O)c1. The van der Waals surface area contributed by atoms with Crippen LogP contribution in [0.2, 0.25) is 0 Å². The lowest BCUT2D eigenvalue weighted by atomic mass is 10.3. The molecule has 0 unspecified atom stereocenters. The zero-order chi connectivity index (χ0) is 8.97. The summed E-state index contributed by atoms with van der Waals surface area (Å²) in [5.41, 5.74) is -0.175. The molecular weight excluding hydrogens is 156 g/mol. The highest BCUT2D eigenvalue weighted by Gasteiger charge is 1.95. The van der Waals surface area contributed by atoms with Gasteiger partial charge in [0.2, 0.25) is 0 Å². The Bertz CT molecular complexity index is 443. The second kappa shape index (κ2) is 3.27. The summed E-state index contributed by atoms with van der Waals surface area (Å²) < 4.78 is 0. The molecule has 0 atom stereocenters. The van der Waals surface area contributed by atoms with Gasteiger partial charge in [-0.25, -0.2) is 0 Å². The van der Waals surface area contributed by atoms with E-state index in [0.29, 0.717) is 5.56 Å². The highest BCUT2D eigenvalue weighted by atomic mass is 16.3. The van der Waals surface area contributed by atoms with Crippen molar-refractivity contribution >= 4 is 0 Å². The van der Waals surface area contributed by atoms with Crippen molar-refractivity contribution in [2.24, 2.45) is 0 Å². The minimum atomic E-state index is -0.572. The number of aromatic hydroxyl groups is 1. The smallest absolute Gasteiger partial charge is 0.290 e. The maximum absolute atomic E-state index is 10.6. The Labute approximate surface area is 68.1 Å². The van der Waals surface area contributed by atoms with Crippen molar-refractivity contribution in [2.75, 3.05) is 0 Å². The van der Waals surface area contributed by atoms with Crippen LogP contribution in [0.5, 0.6) is 5.75 Å². The number of aromatic amines is 1. The third kappa shape index (κ3) is 1.65. The molecule has 58 valence electrons. The second-order valence-corrected chi connectivity index (χ2v) is 1.96. The molecule has 0 saturated carbocycles. The van der Waals surface area contributed by atoms with Gasteiger partial charge in [0.05, 0.1) is 0 Å². The molecule has 0 amide bonds. The summed E-state index contributed by atoms with van der Waals surface area (Å²) in [4.78, 5) is 12.9. The van der Waals surface area contributed by atoms with E-state index < -0.39 is 11.3 Å². The van der Waals surface area contributed by atoms with E-state index in [1.54, 1.807) is 6.07 Å². The fraction of sp³-hybridized carbons (Fsp3) is 0. The molecular formula is C8H4N2O2. The van der Waals surface area contributed by atoms with Crippen LogP contribution in [-0.4, -0.2) is 10.1 Å². The predicted octanol–water partition coefficient (Wildman–Crippen LogP) is -0.0444. The number of nitrogens with zero attached hydrogens (tertiary/aromatic N) is 1. The standard InChI is InChI=1S/C8H4N2O2/c9-3-1-2-6-4-7(11)8(12)10-5-6/h4-5,11H,(H,10,12). The molecule has 0 fully saturated rings. The minimum absolute atomic E-state index is 0.397. The van der Waals surface area contributed by atoms with Gasteiger partial charge < -0.3 is 10.1 Å². The van der Waals surface area contributed by atoms with Crippen molar-refractivity contribution in [3.63, 3.8) is 0 Å². The van der Waals surface area contributed by atoms with Gasteiger partial charge in [-0.1, -0.05) is 0 Å². The monoisotopic (exact) mass is 160 g/mol. The summed E-state index contributed by atoms with van der Waals surface area (Å²) in [7, 11) is 0. The Hall–Kier alpha value is -2.20. The van der Waals surface area contributed by atoms with Crippen LogP contribution in [0.4, 0.5) is 0 Å². The lowest BCUT2D eigenvalue weighted by Gasteiger charge is -1.89. The number of rotatable bonds is 0. The first-order valence-electron chi connectivity index (χ1n) is 3.06. The fourth-order valence-corrected chi connectivity index (χ4v) is 0.644. The average Bonchev–Trinajstić information content (AvgIpc) is 2.07. The summed E-state index contributed by atoms with van der Waals surface area (Å²) in [6.45, 7) is 0. The van der Waals surface area contributed by atoms with E-state index in [1.807, 2.05) is 0 Å². The van der Waals surface area contributed by atoms with Crippen molar-refractivity contribution in [1.29, 1.82) is 5.26 Å². The summed E-state index contributed by atoms with van der Waals surface area (Å²) in [6, 6.07) is 2.81. The van der Waals surface area contributed by atoms with Gasteiger partial charge in [0.15, 0.2) is 11.8 Å². The zero-order valence-corrected chi connectivity index (χ0v) is 5.96. The van der Waals surface area contributed by atoms with Gasteiger partial charge in [-0.2, -0.15) is 5.26 Å². The number of aromatic nitrogens is 1. The third-order valence-electron chi connectivity index (χ3n) is 1.15. The molecule has 12 heavy (non-hydrogen) atoms. The van der Waals surface area contributed by atoms with Crippen LogP contribution < -0.4 is 5.56 Å². The van der Waals surface area contributed by atoms with Crippen LogP contribution in [0.15, 0.2) is 17.1 Å². The van der Waals surface area contributed by atoms with Crippen molar-refractivity contribution in [1.82, 2.24) is 4.98 Å². The van der Waals surface area contributed by atoms with Gasteiger partial charge >= 0.3 is 0 Å². The van der Waals surface area contributed by atoms with Crippen molar-refractivity contribution < 1.29 is 5.11 Å². The molecule has 4 nitrogen and oxygen atoms in total. The fourth-order valence-electron chi connectivity index (χ4n) is 0.644. The van der Waals surface area contributed by atoms with Crippen molar-refractivity contribution in [2.45, 2.75) is 0 Å². The van der Waals surface area contributed by atoms with Gasteiger partial charge in [-0.15, -0.1) is 0 Å². The lowest BCUT2D eigenvalue weighted by Crippen LogP contribution is -2.03. The Kier molecular flexibility index (Phi) is 2.15. The summed E-state index contributed by atoms with van der Waals surface area (Å²) >= 11 is 0. The number of hydrogen-bond acceptors (Lipinski definition) is 3. The average molecular weight is 160 g/mol. The van der Waals surface area contributed by atoms with Crippen LogP contribution in [-0.2, 0) is 0 Å². The zero-order valence-electron chi connectivity index (χ0n) is 5.96. The molecule has 2 N–H and O–H groups in total. The van der Waals surface area contributed by atoms with Gasteiger partial charge in [0.1, 0.15) is 0 Å². The Morgan fingerprint density at radius 3 is 2.92 bits per heavy atom. The Morgan fingerprint density at radius 1 is 1.58 bits per heavy atom. The summed E-state index contributed by atoms with van der Waals surface area (Å²) in [5, 5.41) is 17.0. The molecule has 0 spiro atoms. The highest BCUT2D eigenvalue weighted by Crippen LogP contribution is 2.00. The van der Waals surface area contributed by atoms with Gasteiger partial charge in [0, 0.05) is 23.7 Å². The van der Waals surface area contributed by atoms with Gasteiger partial charge in [-0.05, 0) is 5.92 Å². The molecule has 0 bridgehead atoms. The van der Waals surface area contributed by atoms with Gasteiger partial charge in [-0.3, -0.25) is 4.79 Å². The van der Waals surface area contributed by atoms with E-state index in [1.165, 1.54) is 12.3 Å². The van der Waals surface area contributed by atoms with E-state index in [2.05, 4.69) is 16.8 Å². The quantitative estimate of drug-likeness (QED) is 0.522. The van der Waals surface area contributed by atoms with E-state index in [0.717, 1.165) is 0 Å². The highest BCUT2D eigenvalue weighted by molar-refractivity contribution is 5.38. The molecule has 1 aromatic heterocycles. The molecule has 4 heteroatoms. The number of nitrogens with one attached hydrogen (secondary N) is 1. The Morgan fingerprint density at radius 2 is 2.33 bits per heavy atom. The van der Waals surface area contributed by atoms with E-state index in [-0.39, 0.29) is 0 Å². The molecule has 0 saturated heterocycles. The van der Waals surface area contributed by atoms with Crippen LogP contribution in [0.3, 0.4) is 0 Å². The largest absolute Gasteiger partial charge is 0.503 e. The van der Waals surface area contributed by atoms with Crippen LogP contribution >= 0.6 is 0 Å². The molecule has 0 aliphatic rings. The summed E-state index contributed by atoms with van der Waals surface area (Å²) in [5.74, 6) is 4.15. The maximum Gasteiger partial charge on any atom is 0.290 e. The number of pyridine rings is 1. The van der Waals surface area contributed by atoms with Crippen molar-refractivity contribution in [3.05, 3.63) is 28.2 Å². The maximum atomic E-state index is 10.6. The molecule has 0 aliphatic heterocycles. The first-order chi connectivity index (χ1) is 5.74. The summed E-state index contributed by atoms with van der Waals surface area (Å²) in [6.07, 6.45) is 1.33. The van der Waals surface area contributed by atoms with E-state index in [9.17, 15) is 4.79 Å². The lowest BCUT2D eigenvalue weighted by molar-refractivity contribution is 0.466. The van der Waals surface area contributed by atoms with Crippen molar-refractivity contribution in [3.8, 4) is 23.7 Å². The predicted molar refractivity (Wildman–Crippen MR) is 41.2 cm³/mol. The first-order valence-corrected chi connectivity index (χ1v) is 3.06.